The first-order valence-electron chi connectivity index (χ1n) is 7.38. The Morgan fingerprint density at radius 2 is 1.74 bits per heavy atom. The van der Waals surface area contributed by atoms with Crippen molar-refractivity contribution in [2.45, 2.75) is 46.7 Å². The van der Waals surface area contributed by atoms with Gasteiger partial charge in [0, 0.05) is 18.6 Å². The standard InChI is InChI=1S/C17H30N2/c1-7-19(14(2)3)13-17(4,5)16(18-6)15-11-9-8-10-12-15/h8-12,14,16,18H,7,13H2,1-6H3. The van der Waals surface area contributed by atoms with Crippen molar-refractivity contribution in [1.82, 2.24) is 10.2 Å². The molecule has 0 amide bonds. The highest BCUT2D eigenvalue weighted by Crippen LogP contribution is 2.34. The Hall–Kier alpha value is -0.860. The summed E-state index contributed by atoms with van der Waals surface area (Å²) in [6.45, 7) is 13.7. The van der Waals surface area contributed by atoms with Crippen LogP contribution in [0.15, 0.2) is 30.3 Å². The van der Waals surface area contributed by atoms with Crippen LogP contribution in [0.25, 0.3) is 0 Å². The van der Waals surface area contributed by atoms with Gasteiger partial charge >= 0.3 is 0 Å². The van der Waals surface area contributed by atoms with Gasteiger partial charge < -0.3 is 10.2 Å². The van der Waals surface area contributed by atoms with Crippen LogP contribution in [0.5, 0.6) is 0 Å². The highest BCUT2D eigenvalue weighted by molar-refractivity contribution is 5.21. The lowest BCUT2D eigenvalue weighted by Gasteiger charge is -2.40. The Morgan fingerprint density at radius 1 is 1.16 bits per heavy atom. The Morgan fingerprint density at radius 3 is 2.16 bits per heavy atom. The summed E-state index contributed by atoms with van der Waals surface area (Å²) in [4.78, 5) is 2.54. The largest absolute Gasteiger partial charge is 0.313 e. The molecular weight excluding hydrogens is 232 g/mol. The first-order valence-corrected chi connectivity index (χ1v) is 7.38. The smallest absolute Gasteiger partial charge is 0.0381 e. The molecule has 0 aliphatic rings. The fourth-order valence-corrected chi connectivity index (χ4v) is 2.93. The molecular formula is C17H30N2. The molecule has 0 fully saturated rings. The van der Waals surface area contributed by atoms with Crippen molar-refractivity contribution >= 4 is 0 Å². The summed E-state index contributed by atoms with van der Waals surface area (Å²) in [7, 11) is 2.06. The van der Waals surface area contributed by atoms with Crippen LogP contribution in [-0.4, -0.2) is 31.1 Å². The Bertz CT molecular complexity index is 357. The predicted octanol–water partition coefficient (Wildman–Crippen LogP) is 3.70. The van der Waals surface area contributed by atoms with Crippen molar-refractivity contribution < 1.29 is 0 Å². The van der Waals surface area contributed by atoms with Gasteiger partial charge in [0.2, 0.25) is 0 Å². The van der Waals surface area contributed by atoms with Gasteiger partial charge in [0.1, 0.15) is 0 Å². The molecule has 1 unspecified atom stereocenters. The van der Waals surface area contributed by atoms with E-state index in [0.717, 1.165) is 13.1 Å². The summed E-state index contributed by atoms with van der Waals surface area (Å²) >= 11 is 0. The number of hydrogen-bond donors (Lipinski definition) is 1. The predicted molar refractivity (Wildman–Crippen MR) is 84.4 cm³/mol. The molecule has 1 N–H and O–H groups in total. The Kier molecular flexibility index (Phi) is 6.02. The van der Waals surface area contributed by atoms with Crippen LogP contribution in [0.4, 0.5) is 0 Å². The Labute approximate surface area is 119 Å². The summed E-state index contributed by atoms with van der Waals surface area (Å²) in [6, 6.07) is 11.7. The molecule has 1 aromatic rings. The molecule has 2 heteroatoms. The third-order valence-electron chi connectivity index (χ3n) is 3.95. The van der Waals surface area contributed by atoms with Crippen LogP contribution >= 0.6 is 0 Å². The molecule has 0 aromatic heterocycles. The highest BCUT2D eigenvalue weighted by atomic mass is 15.2. The zero-order valence-corrected chi connectivity index (χ0v) is 13.4. The molecule has 1 rings (SSSR count). The molecule has 1 aromatic carbocycles. The highest BCUT2D eigenvalue weighted by Gasteiger charge is 2.31. The zero-order chi connectivity index (χ0) is 14.5. The average molecular weight is 262 g/mol. The van der Waals surface area contributed by atoms with Gasteiger partial charge in [-0.25, -0.2) is 0 Å². The minimum atomic E-state index is 0.191. The van der Waals surface area contributed by atoms with Gasteiger partial charge in [0.15, 0.2) is 0 Å². The van der Waals surface area contributed by atoms with Crippen LogP contribution in [-0.2, 0) is 0 Å². The van der Waals surface area contributed by atoms with E-state index in [0.29, 0.717) is 12.1 Å². The van der Waals surface area contributed by atoms with E-state index in [1.54, 1.807) is 0 Å². The van der Waals surface area contributed by atoms with E-state index in [1.807, 2.05) is 0 Å². The number of benzene rings is 1. The quantitative estimate of drug-likeness (QED) is 0.806. The van der Waals surface area contributed by atoms with Crippen molar-refractivity contribution in [2.24, 2.45) is 5.41 Å². The topological polar surface area (TPSA) is 15.3 Å². The van der Waals surface area contributed by atoms with E-state index < -0.39 is 0 Å². The summed E-state index contributed by atoms with van der Waals surface area (Å²) in [5, 5.41) is 3.50. The van der Waals surface area contributed by atoms with Gasteiger partial charge in [-0.1, -0.05) is 51.1 Å². The maximum atomic E-state index is 3.50. The molecule has 0 aliphatic heterocycles. The van der Waals surface area contributed by atoms with Crippen LogP contribution in [0.1, 0.15) is 46.2 Å². The van der Waals surface area contributed by atoms with Crippen LogP contribution < -0.4 is 5.32 Å². The maximum absolute atomic E-state index is 3.50. The molecule has 0 saturated carbocycles. The number of rotatable bonds is 7. The lowest BCUT2D eigenvalue weighted by atomic mass is 9.79. The normalized spacial score (nSPS) is 14.1. The summed E-state index contributed by atoms with van der Waals surface area (Å²) in [5.41, 5.74) is 1.56. The van der Waals surface area contributed by atoms with Crippen LogP contribution in [0.3, 0.4) is 0 Å². The van der Waals surface area contributed by atoms with Crippen molar-refractivity contribution in [3.63, 3.8) is 0 Å². The van der Waals surface area contributed by atoms with Crippen LogP contribution in [0.2, 0.25) is 0 Å². The summed E-state index contributed by atoms with van der Waals surface area (Å²) in [5.74, 6) is 0. The molecule has 0 heterocycles. The van der Waals surface area contributed by atoms with Crippen molar-refractivity contribution in [3.05, 3.63) is 35.9 Å². The fourth-order valence-electron chi connectivity index (χ4n) is 2.93. The van der Waals surface area contributed by atoms with Crippen molar-refractivity contribution in [2.75, 3.05) is 20.1 Å². The number of nitrogens with one attached hydrogen (secondary N) is 1. The number of nitrogens with zero attached hydrogens (tertiary/aromatic N) is 1. The summed E-state index contributed by atoms with van der Waals surface area (Å²) < 4.78 is 0. The minimum absolute atomic E-state index is 0.191. The van der Waals surface area contributed by atoms with Gasteiger partial charge in [0.05, 0.1) is 0 Å². The van der Waals surface area contributed by atoms with Crippen molar-refractivity contribution in [1.29, 1.82) is 0 Å². The van der Waals surface area contributed by atoms with E-state index in [9.17, 15) is 0 Å². The van der Waals surface area contributed by atoms with Gasteiger partial charge in [0.25, 0.3) is 0 Å². The fraction of sp³-hybridized carbons (Fsp3) is 0.647. The second-order valence-corrected chi connectivity index (χ2v) is 6.28. The average Bonchev–Trinajstić information content (AvgIpc) is 2.37. The third-order valence-corrected chi connectivity index (χ3v) is 3.95. The SMILES string of the molecule is CCN(CC(C)(C)C(NC)c1ccccc1)C(C)C. The lowest BCUT2D eigenvalue weighted by Crippen LogP contribution is -2.44. The van der Waals surface area contributed by atoms with E-state index >= 15 is 0 Å². The van der Waals surface area contributed by atoms with E-state index in [4.69, 9.17) is 0 Å². The second kappa shape index (κ2) is 7.06. The van der Waals surface area contributed by atoms with Gasteiger partial charge in [-0.05, 0) is 38.4 Å². The molecule has 1 atom stereocenters. The van der Waals surface area contributed by atoms with E-state index in [2.05, 4.69) is 82.2 Å². The second-order valence-electron chi connectivity index (χ2n) is 6.28. The van der Waals surface area contributed by atoms with E-state index in [-0.39, 0.29) is 5.41 Å². The third kappa shape index (κ3) is 4.32. The first kappa shape index (κ1) is 16.2. The van der Waals surface area contributed by atoms with Crippen LogP contribution in [0, 0.1) is 5.41 Å². The number of hydrogen-bond acceptors (Lipinski definition) is 2. The summed E-state index contributed by atoms with van der Waals surface area (Å²) in [6.07, 6.45) is 0. The lowest BCUT2D eigenvalue weighted by molar-refractivity contribution is 0.120. The van der Waals surface area contributed by atoms with Gasteiger partial charge in [-0.15, -0.1) is 0 Å². The molecule has 108 valence electrons. The van der Waals surface area contributed by atoms with Crippen molar-refractivity contribution in [3.8, 4) is 0 Å². The van der Waals surface area contributed by atoms with Gasteiger partial charge in [-0.2, -0.15) is 0 Å². The first-order chi connectivity index (χ1) is 8.92. The molecule has 2 nitrogen and oxygen atoms in total. The molecule has 0 spiro atoms. The molecule has 0 saturated heterocycles. The minimum Gasteiger partial charge on any atom is -0.313 e. The molecule has 19 heavy (non-hydrogen) atoms. The molecule has 0 aliphatic carbocycles. The monoisotopic (exact) mass is 262 g/mol. The van der Waals surface area contributed by atoms with E-state index in [1.165, 1.54) is 5.56 Å². The Balaban J connectivity index is 2.89. The maximum Gasteiger partial charge on any atom is 0.0381 e. The van der Waals surface area contributed by atoms with Gasteiger partial charge in [-0.3, -0.25) is 0 Å². The molecule has 0 radical (unpaired) electrons. The molecule has 0 bridgehead atoms. The zero-order valence-electron chi connectivity index (χ0n) is 13.4.